The van der Waals surface area contributed by atoms with Gasteiger partial charge >= 0.3 is 0 Å². The van der Waals surface area contributed by atoms with Gasteiger partial charge in [-0.05, 0) is 35.6 Å². The molecule has 0 unspecified atom stereocenters. The Morgan fingerprint density at radius 3 is 2.83 bits per heavy atom. The molecule has 1 aliphatic carbocycles. The summed E-state index contributed by atoms with van der Waals surface area (Å²) < 4.78 is 5.39. The van der Waals surface area contributed by atoms with Gasteiger partial charge in [0.05, 0.1) is 19.3 Å². The summed E-state index contributed by atoms with van der Waals surface area (Å²) in [5, 5.41) is 3.58. The second kappa shape index (κ2) is 6.69. The van der Waals surface area contributed by atoms with Gasteiger partial charge in [-0.3, -0.25) is 4.90 Å². The molecule has 1 saturated heterocycles. The van der Waals surface area contributed by atoms with Crippen molar-refractivity contribution in [3.63, 3.8) is 0 Å². The first-order valence-electron chi connectivity index (χ1n) is 8.48. The molecule has 2 aromatic rings. The normalized spacial score (nSPS) is 21.1. The number of aromatic nitrogens is 1. The van der Waals surface area contributed by atoms with Crippen molar-refractivity contribution in [3.8, 4) is 0 Å². The summed E-state index contributed by atoms with van der Waals surface area (Å²) in [5.74, 6) is 0.970. The van der Waals surface area contributed by atoms with Crippen molar-refractivity contribution < 1.29 is 4.74 Å². The Balaban J connectivity index is 1.39. The SMILES string of the molecule is c1ccc2c(c1)CC[C@H]2Nc1ccc(CN2CCOCC2)cn1. The number of anilines is 1. The van der Waals surface area contributed by atoms with Crippen molar-refractivity contribution in [2.45, 2.75) is 25.4 Å². The van der Waals surface area contributed by atoms with Crippen LogP contribution in [0.2, 0.25) is 0 Å². The van der Waals surface area contributed by atoms with Crippen molar-refractivity contribution in [3.05, 3.63) is 59.3 Å². The Kier molecular flexibility index (Phi) is 4.26. The lowest BCUT2D eigenvalue weighted by Gasteiger charge is -2.26. The minimum Gasteiger partial charge on any atom is -0.379 e. The van der Waals surface area contributed by atoms with Gasteiger partial charge in [-0.1, -0.05) is 30.3 Å². The summed E-state index contributed by atoms with van der Waals surface area (Å²) in [6.07, 6.45) is 4.30. The van der Waals surface area contributed by atoms with Gasteiger partial charge in [0, 0.05) is 25.8 Å². The molecule has 1 N–H and O–H groups in total. The van der Waals surface area contributed by atoms with Gasteiger partial charge in [0.2, 0.25) is 0 Å². The predicted octanol–water partition coefficient (Wildman–Crippen LogP) is 3.01. The Labute approximate surface area is 137 Å². The zero-order valence-electron chi connectivity index (χ0n) is 13.4. The monoisotopic (exact) mass is 309 g/mol. The fourth-order valence-corrected chi connectivity index (χ4v) is 3.51. The van der Waals surface area contributed by atoms with Crippen molar-refractivity contribution in [1.29, 1.82) is 0 Å². The molecule has 1 aromatic heterocycles. The number of aryl methyl sites for hydroxylation is 1. The highest BCUT2D eigenvalue weighted by Gasteiger charge is 2.21. The fraction of sp³-hybridized carbons (Fsp3) is 0.421. The average Bonchev–Trinajstić information content (AvgIpc) is 3.01. The molecule has 1 fully saturated rings. The third kappa shape index (κ3) is 3.38. The molecule has 0 saturated carbocycles. The molecule has 2 heterocycles. The van der Waals surface area contributed by atoms with Crippen molar-refractivity contribution in [1.82, 2.24) is 9.88 Å². The number of hydrogen-bond donors (Lipinski definition) is 1. The van der Waals surface area contributed by atoms with E-state index < -0.39 is 0 Å². The number of morpholine rings is 1. The summed E-state index contributed by atoms with van der Waals surface area (Å²) in [5.41, 5.74) is 4.16. The number of nitrogens with zero attached hydrogens (tertiary/aromatic N) is 2. The highest BCUT2D eigenvalue weighted by molar-refractivity contribution is 5.43. The Morgan fingerprint density at radius 2 is 2.00 bits per heavy atom. The van der Waals surface area contributed by atoms with Crippen LogP contribution < -0.4 is 5.32 Å². The first kappa shape index (κ1) is 14.7. The summed E-state index contributed by atoms with van der Waals surface area (Å²) in [6.45, 7) is 4.67. The largest absolute Gasteiger partial charge is 0.379 e. The fourth-order valence-electron chi connectivity index (χ4n) is 3.51. The topological polar surface area (TPSA) is 37.4 Å². The lowest BCUT2D eigenvalue weighted by Crippen LogP contribution is -2.35. The average molecular weight is 309 g/mol. The van der Waals surface area contributed by atoms with Gasteiger partial charge in [0.25, 0.3) is 0 Å². The molecule has 0 bridgehead atoms. The van der Waals surface area contributed by atoms with Crippen LogP contribution in [0.5, 0.6) is 0 Å². The van der Waals surface area contributed by atoms with Crippen LogP contribution in [0, 0.1) is 0 Å². The van der Waals surface area contributed by atoms with Crippen LogP contribution in [0.3, 0.4) is 0 Å². The van der Waals surface area contributed by atoms with Gasteiger partial charge in [-0.2, -0.15) is 0 Å². The van der Waals surface area contributed by atoms with Crippen LogP contribution in [-0.4, -0.2) is 36.2 Å². The van der Waals surface area contributed by atoms with Crippen LogP contribution in [0.4, 0.5) is 5.82 Å². The van der Waals surface area contributed by atoms with Crippen LogP contribution in [0.1, 0.15) is 29.2 Å². The maximum Gasteiger partial charge on any atom is 0.126 e. The lowest BCUT2D eigenvalue weighted by molar-refractivity contribution is 0.0341. The standard InChI is InChI=1S/C19H23N3O/c1-2-4-17-16(3-1)6-7-18(17)21-19-8-5-15(13-20-19)14-22-9-11-23-12-10-22/h1-5,8,13,18H,6-7,9-12,14H2,(H,20,21)/t18-/m1/s1. The number of ether oxygens (including phenoxy) is 1. The summed E-state index contributed by atoms with van der Waals surface area (Å²) in [6, 6.07) is 13.4. The maximum atomic E-state index is 5.39. The zero-order valence-corrected chi connectivity index (χ0v) is 13.4. The zero-order chi connectivity index (χ0) is 15.5. The van der Waals surface area contributed by atoms with E-state index in [0.29, 0.717) is 6.04 Å². The van der Waals surface area contributed by atoms with Gasteiger partial charge in [-0.25, -0.2) is 4.98 Å². The lowest BCUT2D eigenvalue weighted by atomic mass is 10.1. The molecule has 4 nitrogen and oxygen atoms in total. The predicted molar refractivity (Wildman–Crippen MR) is 91.5 cm³/mol. The molecular formula is C19H23N3O. The Hall–Kier alpha value is -1.91. The van der Waals surface area contributed by atoms with E-state index in [2.05, 4.69) is 51.6 Å². The second-order valence-electron chi connectivity index (χ2n) is 6.37. The highest BCUT2D eigenvalue weighted by atomic mass is 16.5. The molecule has 1 aromatic carbocycles. The molecule has 4 rings (SSSR count). The molecule has 0 amide bonds. The van der Waals surface area contributed by atoms with Crippen LogP contribution >= 0.6 is 0 Å². The van der Waals surface area contributed by atoms with Gasteiger partial charge in [0.15, 0.2) is 0 Å². The van der Waals surface area contributed by atoms with E-state index in [-0.39, 0.29) is 0 Å². The minimum atomic E-state index is 0.392. The number of hydrogen-bond acceptors (Lipinski definition) is 4. The first-order valence-corrected chi connectivity index (χ1v) is 8.48. The number of pyridine rings is 1. The van der Waals surface area contributed by atoms with Gasteiger partial charge in [-0.15, -0.1) is 0 Å². The second-order valence-corrected chi connectivity index (χ2v) is 6.37. The number of fused-ring (bicyclic) bond motifs is 1. The molecule has 2 aliphatic rings. The minimum absolute atomic E-state index is 0.392. The van der Waals surface area contributed by atoms with E-state index >= 15 is 0 Å². The van der Waals surface area contributed by atoms with Gasteiger partial charge in [0.1, 0.15) is 5.82 Å². The molecule has 120 valence electrons. The van der Waals surface area contributed by atoms with Crippen molar-refractivity contribution >= 4 is 5.82 Å². The molecule has 0 radical (unpaired) electrons. The van der Waals surface area contributed by atoms with Crippen LogP contribution in [-0.2, 0) is 17.7 Å². The molecule has 1 aliphatic heterocycles. The number of benzene rings is 1. The molecule has 0 spiro atoms. The van der Waals surface area contributed by atoms with E-state index in [1.54, 1.807) is 0 Å². The summed E-state index contributed by atoms with van der Waals surface area (Å²) >= 11 is 0. The molecular weight excluding hydrogens is 286 g/mol. The third-order valence-electron chi connectivity index (χ3n) is 4.79. The Bertz CT molecular complexity index is 650. The molecule has 4 heteroatoms. The van der Waals surface area contributed by atoms with E-state index in [1.165, 1.54) is 16.7 Å². The first-order chi connectivity index (χ1) is 11.4. The van der Waals surface area contributed by atoms with E-state index in [4.69, 9.17) is 4.74 Å². The summed E-state index contributed by atoms with van der Waals surface area (Å²) in [7, 11) is 0. The summed E-state index contributed by atoms with van der Waals surface area (Å²) in [4.78, 5) is 7.03. The van der Waals surface area contributed by atoms with E-state index in [9.17, 15) is 0 Å². The third-order valence-corrected chi connectivity index (χ3v) is 4.79. The van der Waals surface area contributed by atoms with Crippen LogP contribution in [0.15, 0.2) is 42.6 Å². The highest BCUT2D eigenvalue weighted by Crippen LogP contribution is 2.33. The van der Waals surface area contributed by atoms with Crippen LogP contribution in [0.25, 0.3) is 0 Å². The van der Waals surface area contributed by atoms with Crippen molar-refractivity contribution in [2.75, 3.05) is 31.6 Å². The number of rotatable bonds is 4. The van der Waals surface area contributed by atoms with Crippen molar-refractivity contribution in [2.24, 2.45) is 0 Å². The van der Waals surface area contributed by atoms with E-state index in [0.717, 1.165) is 51.5 Å². The maximum absolute atomic E-state index is 5.39. The molecule has 1 atom stereocenters. The Morgan fingerprint density at radius 1 is 1.13 bits per heavy atom. The molecule has 23 heavy (non-hydrogen) atoms. The van der Waals surface area contributed by atoms with E-state index in [1.807, 2.05) is 6.20 Å². The number of nitrogens with one attached hydrogen (secondary N) is 1. The smallest absolute Gasteiger partial charge is 0.126 e. The van der Waals surface area contributed by atoms with Gasteiger partial charge < -0.3 is 10.1 Å². The quantitative estimate of drug-likeness (QED) is 0.942.